The van der Waals surface area contributed by atoms with Crippen molar-refractivity contribution in [3.63, 3.8) is 0 Å². The van der Waals surface area contributed by atoms with E-state index in [-0.39, 0.29) is 29.1 Å². The average Bonchev–Trinajstić information content (AvgIpc) is 2.96. The second-order valence-electron chi connectivity index (χ2n) is 6.43. The molecule has 0 amide bonds. The number of aliphatic hydroxyl groups excluding tert-OH is 1. The van der Waals surface area contributed by atoms with E-state index in [2.05, 4.69) is 0 Å². The summed E-state index contributed by atoms with van der Waals surface area (Å²) in [4.78, 5) is 1.83. The van der Waals surface area contributed by atoms with Crippen molar-refractivity contribution in [3.05, 3.63) is 35.4 Å². The highest BCUT2D eigenvalue weighted by Crippen LogP contribution is 2.62. The number of nitrogens with zero attached hydrogens (tertiary/aromatic N) is 1. The summed E-state index contributed by atoms with van der Waals surface area (Å²) in [7, 11) is 3.18. The Morgan fingerprint density at radius 1 is 1.59 bits per heavy atom. The molecule has 116 valence electrons. The maximum Gasteiger partial charge on any atom is 0.211 e. The van der Waals surface area contributed by atoms with Crippen LogP contribution in [0.2, 0.25) is 0 Å². The Kier molecular flexibility index (Phi) is 1.54. The Balaban J connectivity index is 1.97. The predicted molar refractivity (Wildman–Crippen MR) is 82.5 cm³/mol. The Bertz CT molecular complexity index is 923. The van der Waals surface area contributed by atoms with Crippen LogP contribution in [0.3, 0.4) is 0 Å². The SMILES string of the molecule is [2H]OC1C=C[C@@]2([2H])[C@@H]3N(C)CC[C@@]24c2c(c(OC)c([2H])c([2H])c2C3([2H])[2H])OC14. The number of hydrogen-bond acceptors (Lipinski definition) is 4. The summed E-state index contributed by atoms with van der Waals surface area (Å²) in [5, 5.41) is 4.91. The third-order valence-corrected chi connectivity index (χ3v) is 5.52. The van der Waals surface area contributed by atoms with Gasteiger partial charge in [-0.2, -0.15) is 0 Å². The molecule has 2 heterocycles. The first-order valence-corrected chi connectivity index (χ1v) is 7.57. The first-order chi connectivity index (χ1) is 13.2. The maximum absolute atomic E-state index is 9.47. The van der Waals surface area contributed by atoms with E-state index in [1.54, 1.807) is 19.2 Å². The number of likely N-dealkylation sites (N-methyl/N-ethyl adjacent to an activating group) is 1. The zero-order valence-electron chi connectivity index (χ0n) is 18.5. The zero-order chi connectivity index (χ0) is 20.2. The zero-order valence-corrected chi connectivity index (χ0v) is 12.5. The molecule has 22 heavy (non-hydrogen) atoms. The van der Waals surface area contributed by atoms with Crippen LogP contribution in [-0.4, -0.2) is 50.4 Å². The smallest absolute Gasteiger partial charge is 0.211 e. The molecule has 4 heteroatoms. The summed E-state index contributed by atoms with van der Waals surface area (Å²) in [5.74, 6) is -1.08. The van der Waals surface area contributed by atoms with Crippen LogP contribution in [0.15, 0.2) is 24.2 Å². The van der Waals surface area contributed by atoms with Gasteiger partial charge in [0.1, 0.15) is 12.2 Å². The van der Waals surface area contributed by atoms with E-state index in [0.29, 0.717) is 18.5 Å². The Morgan fingerprint density at radius 2 is 2.50 bits per heavy atom. The third-order valence-electron chi connectivity index (χ3n) is 5.52. The Hall–Kier alpha value is -1.52. The number of benzene rings is 1. The quantitative estimate of drug-likeness (QED) is 0.841. The standard InChI is InChI=1S/C18H21NO3/c1-19-8-7-18-11-4-5-13(20)17(18)22-16-14(21-2)6-3-10(15(16)18)9-12(11)19/h3-6,11-13,17,20H,7-9H2,1-2H3/t11-,12+,13?,17?,18-/m0/s1/i3D,6D,9D2,11D,20D. The predicted octanol–water partition coefficient (Wildman–Crippen LogP) is 1.50. The number of ether oxygens (including phenoxy) is 2. The number of rotatable bonds is 2. The molecule has 0 saturated carbocycles. The van der Waals surface area contributed by atoms with Crippen LogP contribution in [0.5, 0.6) is 11.5 Å². The molecule has 0 radical (unpaired) electrons. The lowest BCUT2D eigenvalue weighted by Crippen LogP contribution is -2.64. The Morgan fingerprint density at radius 3 is 3.32 bits per heavy atom. The summed E-state index contributed by atoms with van der Waals surface area (Å²) in [5.41, 5.74) is -0.419. The molecule has 2 unspecified atom stereocenters. The molecule has 4 aliphatic rings. The van der Waals surface area contributed by atoms with E-state index in [1.807, 2.05) is 4.90 Å². The first kappa shape index (κ1) is 8.37. The van der Waals surface area contributed by atoms with Crippen molar-refractivity contribution in [1.29, 1.82) is 1.43 Å². The normalized spacial score (nSPS) is 50.5. The molecule has 1 spiro atoms. The minimum atomic E-state index is -2.04. The fourth-order valence-corrected chi connectivity index (χ4v) is 4.52. The van der Waals surface area contributed by atoms with E-state index in [1.165, 1.54) is 7.11 Å². The molecule has 0 aromatic heterocycles. The van der Waals surface area contributed by atoms with Gasteiger partial charge in [0.25, 0.3) is 0 Å². The monoisotopic (exact) mass is 305 g/mol. The fourth-order valence-electron chi connectivity index (χ4n) is 4.52. The molecule has 5 rings (SSSR count). The summed E-state index contributed by atoms with van der Waals surface area (Å²) < 4.78 is 63.4. The van der Waals surface area contributed by atoms with Crippen LogP contribution in [0.1, 0.15) is 24.4 Å². The maximum atomic E-state index is 9.47. The van der Waals surface area contributed by atoms with Crippen molar-refractivity contribution >= 4 is 0 Å². The van der Waals surface area contributed by atoms with Crippen LogP contribution in [-0.2, 0) is 11.8 Å². The van der Waals surface area contributed by atoms with Gasteiger partial charge in [0, 0.05) is 27.0 Å². The van der Waals surface area contributed by atoms with Crippen LogP contribution >= 0.6 is 0 Å². The van der Waals surface area contributed by atoms with E-state index in [9.17, 15) is 1.37 Å². The third kappa shape index (κ3) is 1.28. The van der Waals surface area contributed by atoms with Crippen LogP contribution in [0, 0.1) is 5.89 Å². The first-order valence-electron chi connectivity index (χ1n) is 10.5. The lowest BCUT2D eigenvalue weighted by Gasteiger charge is -2.56. The highest BCUT2D eigenvalue weighted by atomic mass is 16.5. The van der Waals surface area contributed by atoms with Gasteiger partial charge in [-0.1, -0.05) is 18.2 Å². The lowest BCUT2D eigenvalue weighted by molar-refractivity contribution is -0.0453. The molecular weight excluding hydrogens is 278 g/mol. The van der Waals surface area contributed by atoms with Gasteiger partial charge in [0.2, 0.25) is 1.43 Å². The van der Waals surface area contributed by atoms with Crippen molar-refractivity contribution in [2.75, 3.05) is 20.7 Å². The second kappa shape index (κ2) is 4.06. The Labute approximate surface area is 138 Å². The van der Waals surface area contributed by atoms with Gasteiger partial charge in [0.15, 0.2) is 11.5 Å². The molecule has 1 aromatic rings. The molecule has 1 fully saturated rings. The summed E-state index contributed by atoms with van der Waals surface area (Å²) in [6.45, 7) is 0.542. The van der Waals surface area contributed by atoms with Crippen LogP contribution < -0.4 is 9.47 Å². The van der Waals surface area contributed by atoms with Gasteiger partial charge in [-0.05, 0) is 38.0 Å². The van der Waals surface area contributed by atoms with Gasteiger partial charge < -0.3 is 19.5 Å². The van der Waals surface area contributed by atoms with Crippen molar-refractivity contribution in [3.8, 4) is 11.5 Å². The van der Waals surface area contributed by atoms with Crippen molar-refractivity contribution in [2.45, 2.75) is 36.5 Å². The van der Waals surface area contributed by atoms with Crippen molar-refractivity contribution in [1.82, 2.24) is 4.90 Å². The van der Waals surface area contributed by atoms with Gasteiger partial charge in [-0.3, -0.25) is 0 Å². The highest BCUT2D eigenvalue weighted by Gasteiger charge is 2.64. The number of aliphatic hydroxyl groups is 1. The molecular formula is C18H21NO3. The van der Waals surface area contributed by atoms with Crippen molar-refractivity contribution < 1.29 is 21.4 Å². The molecule has 1 aromatic carbocycles. The summed E-state index contributed by atoms with van der Waals surface area (Å²) in [6.07, 6.45) is 0.253. The largest absolute Gasteiger partial charge is 0.493 e. The molecule has 2 aliphatic heterocycles. The van der Waals surface area contributed by atoms with Crippen LogP contribution in [0.25, 0.3) is 0 Å². The van der Waals surface area contributed by atoms with E-state index in [0.717, 1.165) is 0 Å². The number of piperidine rings is 1. The molecule has 1 N–H and O–H groups in total. The molecule has 1 saturated heterocycles. The minimum Gasteiger partial charge on any atom is -0.493 e. The lowest BCUT2D eigenvalue weighted by atomic mass is 9.53. The topological polar surface area (TPSA) is 41.9 Å². The molecule has 2 bridgehead atoms. The fraction of sp³-hybridized carbons (Fsp3) is 0.556. The second-order valence-corrected chi connectivity index (χ2v) is 6.43. The molecule has 5 atom stereocenters. The molecule has 4 nitrogen and oxygen atoms in total. The van der Waals surface area contributed by atoms with E-state index < -0.39 is 35.9 Å². The summed E-state index contributed by atoms with van der Waals surface area (Å²) in [6, 6.07) is -1.33. The number of likely N-dealkylation sites (tertiary alicyclic amines) is 1. The van der Waals surface area contributed by atoms with Crippen molar-refractivity contribution in [2.24, 2.45) is 5.89 Å². The number of methoxy groups -OCH3 is 1. The van der Waals surface area contributed by atoms with Gasteiger partial charge in [-0.25, -0.2) is 0 Å². The van der Waals surface area contributed by atoms with Crippen LogP contribution in [0.4, 0.5) is 0 Å². The molecule has 2 aliphatic carbocycles. The van der Waals surface area contributed by atoms with Gasteiger partial charge in [-0.15, -0.1) is 0 Å². The van der Waals surface area contributed by atoms with Gasteiger partial charge >= 0.3 is 0 Å². The van der Waals surface area contributed by atoms with Gasteiger partial charge in [0.05, 0.1) is 9.85 Å². The highest BCUT2D eigenvalue weighted by molar-refractivity contribution is 5.62. The minimum absolute atomic E-state index is 0.0757. The number of hydrogen-bond donors (Lipinski definition) is 1. The van der Waals surface area contributed by atoms with E-state index >= 15 is 0 Å². The summed E-state index contributed by atoms with van der Waals surface area (Å²) >= 11 is 0. The van der Waals surface area contributed by atoms with E-state index in [4.69, 9.17) is 21.5 Å². The average molecular weight is 305 g/mol.